The average Bonchev–Trinajstić information content (AvgIpc) is 2.90. The van der Waals surface area contributed by atoms with Crippen LogP contribution in [-0.2, 0) is 32.6 Å². The highest BCUT2D eigenvalue weighted by Gasteiger charge is 2.34. The molecule has 208 valence electrons. The highest BCUT2D eigenvalue weighted by atomic mass is 35.5. The van der Waals surface area contributed by atoms with Crippen molar-refractivity contribution in [2.45, 2.75) is 52.2 Å². The van der Waals surface area contributed by atoms with E-state index < -0.39 is 28.5 Å². The van der Waals surface area contributed by atoms with Gasteiger partial charge in [-0.25, -0.2) is 8.42 Å². The summed E-state index contributed by atoms with van der Waals surface area (Å²) in [6.07, 6.45) is 2.03. The van der Waals surface area contributed by atoms with Gasteiger partial charge in [0.15, 0.2) is 0 Å². The summed E-state index contributed by atoms with van der Waals surface area (Å²) in [4.78, 5) is 29.3. The van der Waals surface area contributed by atoms with Gasteiger partial charge in [-0.15, -0.1) is 0 Å². The standard InChI is InChI=1S/C30H36ClN3O4S/c1-5-23(3)32-30(36)28(19-24-14-7-6-8-15-24)33(20-25-16-10-9-13-22(25)2)29(35)21-34(39(4,37)38)27-18-12-11-17-26(27)31/h6-18,23,28H,5,19-21H2,1-4H3,(H,32,36)/t23-,28+/m1/s1. The molecule has 2 amide bonds. The summed E-state index contributed by atoms with van der Waals surface area (Å²) in [7, 11) is -3.88. The Labute approximate surface area is 236 Å². The van der Waals surface area contributed by atoms with E-state index in [4.69, 9.17) is 11.6 Å². The number of para-hydroxylation sites is 1. The maximum Gasteiger partial charge on any atom is 0.244 e. The lowest BCUT2D eigenvalue weighted by Gasteiger charge is -2.34. The molecule has 7 nitrogen and oxygen atoms in total. The van der Waals surface area contributed by atoms with Crippen molar-refractivity contribution >= 4 is 39.1 Å². The van der Waals surface area contributed by atoms with Crippen LogP contribution in [0.2, 0.25) is 5.02 Å². The lowest BCUT2D eigenvalue weighted by Crippen LogP contribution is -2.54. The third-order valence-electron chi connectivity index (χ3n) is 6.67. The molecule has 1 N–H and O–H groups in total. The zero-order valence-corrected chi connectivity index (χ0v) is 24.4. The fourth-order valence-corrected chi connectivity index (χ4v) is 5.36. The minimum absolute atomic E-state index is 0.0955. The predicted molar refractivity (Wildman–Crippen MR) is 157 cm³/mol. The van der Waals surface area contributed by atoms with Crippen LogP contribution < -0.4 is 9.62 Å². The number of rotatable bonds is 12. The van der Waals surface area contributed by atoms with Crippen LogP contribution >= 0.6 is 11.6 Å². The van der Waals surface area contributed by atoms with Gasteiger partial charge in [-0.1, -0.05) is 85.3 Å². The topological polar surface area (TPSA) is 86.8 Å². The lowest BCUT2D eigenvalue weighted by atomic mass is 10.0. The van der Waals surface area contributed by atoms with Gasteiger partial charge in [0.25, 0.3) is 0 Å². The minimum Gasteiger partial charge on any atom is -0.352 e. The minimum atomic E-state index is -3.88. The normalized spacial score (nSPS) is 12.8. The van der Waals surface area contributed by atoms with Gasteiger partial charge >= 0.3 is 0 Å². The number of hydrogen-bond acceptors (Lipinski definition) is 4. The Morgan fingerprint density at radius 2 is 1.56 bits per heavy atom. The van der Waals surface area contributed by atoms with Crippen LogP contribution in [0.3, 0.4) is 0 Å². The van der Waals surface area contributed by atoms with Gasteiger partial charge in [0.1, 0.15) is 12.6 Å². The van der Waals surface area contributed by atoms with Gasteiger partial charge in [-0.3, -0.25) is 13.9 Å². The van der Waals surface area contributed by atoms with Crippen LogP contribution in [0.4, 0.5) is 5.69 Å². The maximum atomic E-state index is 14.1. The van der Waals surface area contributed by atoms with E-state index in [-0.39, 0.29) is 35.6 Å². The summed E-state index contributed by atoms with van der Waals surface area (Å²) < 4.78 is 26.7. The lowest BCUT2D eigenvalue weighted by molar-refractivity contribution is -0.140. The number of aryl methyl sites for hydroxylation is 1. The van der Waals surface area contributed by atoms with Gasteiger partial charge < -0.3 is 10.2 Å². The monoisotopic (exact) mass is 569 g/mol. The molecule has 0 unspecified atom stereocenters. The summed E-state index contributed by atoms with van der Waals surface area (Å²) >= 11 is 6.34. The molecule has 0 aromatic heterocycles. The number of benzene rings is 3. The van der Waals surface area contributed by atoms with Crippen molar-refractivity contribution < 1.29 is 18.0 Å². The molecular weight excluding hydrogens is 534 g/mol. The van der Waals surface area contributed by atoms with E-state index in [2.05, 4.69) is 5.32 Å². The molecule has 2 atom stereocenters. The number of halogens is 1. The van der Waals surface area contributed by atoms with Crippen LogP contribution in [0.25, 0.3) is 0 Å². The second kappa shape index (κ2) is 13.6. The summed E-state index contributed by atoms with van der Waals surface area (Å²) in [5, 5.41) is 3.23. The molecule has 0 saturated carbocycles. The number of amides is 2. The second-order valence-corrected chi connectivity index (χ2v) is 12.0. The molecule has 3 rings (SSSR count). The van der Waals surface area contributed by atoms with E-state index in [1.165, 1.54) is 4.90 Å². The fraction of sp³-hybridized carbons (Fsp3) is 0.333. The van der Waals surface area contributed by atoms with Crippen LogP contribution in [-0.4, -0.2) is 50.0 Å². The number of sulfonamides is 1. The van der Waals surface area contributed by atoms with Crippen molar-refractivity contribution in [1.29, 1.82) is 0 Å². The van der Waals surface area contributed by atoms with Crippen LogP contribution in [0.15, 0.2) is 78.9 Å². The smallest absolute Gasteiger partial charge is 0.244 e. The first-order valence-electron chi connectivity index (χ1n) is 12.9. The Morgan fingerprint density at radius 3 is 2.18 bits per heavy atom. The SMILES string of the molecule is CC[C@@H](C)NC(=O)[C@H](Cc1ccccc1)N(Cc1ccccc1C)C(=O)CN(c1ccccc1Cl)S(C)(=O)=O. The third-order valence-corrected chi connectivity index (χ3v) is 8.12. The number of carbonyl (C=O) groups is 2. The maximum absolute atomic E-state index is 14.1. The number of nitrogens with zero attached hydrogens (tertiary/aromatic N) is 2. The third kappa shape index (κ3) is 8.31. The van der Waals surface area contributed by atoms with E-state index >= 15 is 0 Å². The van der Waals surface area contributed by atoms with Gasteiger partial charge in [-0.2, -0.15) is 0 Å². The van der Waals surface area contributed by atoms with Crippen molar-refractivity contribution in [1.82, 2.24) is 10.2 Å². The molecule has 39 heavy (non-hydrogen) atoms. The Morgan fingerprint density at radius 1 is 0.949 bits per heavy atom. The predicted octanol–water partition coefficient (Wildman–Crippen LogP) is 4.97. The van der Waals surface area contributed by atoms with Crippen LogP contribution in [0, 0.1) is 6.92 Å². The van der Waals surface area contributed by atoms with Crippen LogP contribution in [0.5, 0.6) is 0 Å². The molecule has 0 aliphatic carbocycles. The molecular formula is C30H36ClN3O4S. The molecule has 0 spiro atoms. The molecule has 0 radical (unpaired) electrons. The highest BCUT2D eigenvalue weighted by molar-refractivity contribution is 7.92. The first-order valence-corrected chi connectivity index (χ1v) is 15.1. The van der Waals surface area contributed by atoms with Crippen LogP contribution in [0.1, 0.15) is 37.0 Å². The van der Waals surface area contributed by atoms with Crippen molar-refractivity contribution in [3.8, 4) is 0 Å². The first kappa shape index (κ1) is 30.2. The number of carbonyl (C=O) groups excluding carboxylic acids is 2. The summed E-state index contributed by atoms with van der Waals surface area (Å²) in [6, 6.07) is 22.6. The number of anilines is 1. The molecule has 0 saturated heterocycles. The van der Waals surface area contributed by atoms with Crippen molar-refractivity contribution in [2.75, 3.05) is 17.1 Å². The van der Waals surface area contributed by atoms with E-state index in [0.717, 1.165) is 33.7 Å². The molecule has 9 heteroatoms. The summed E-state index contributed by atoms with van der Waals surface area (Å²) in [5.74, 6) is -0.803. The Kier molecular flexibility index (Phi) is 10.5. The zero-order valence-electron chi connectivity index (χ0n) is 22.8. The highest BCUT2D eigenvalue weighted by Crippen LogP contribution is 2.28. The van der Waals surface area contributed by atoms with Gasteiger partial charge in [-0.05, 0) is 49.1 Å². The first-order chi connectivity index (χ1) is 18.5. The van der Waals surface area contributed by atoms with Gasteiger partial charge in [0, 0.05) is 19.0 Å². The molecule has 0 aliphatic rings. The molecule has 3 aromatic rings. The van der Waals surface area contributed by atoms with Gasteiger partial charge in [0.2, 0.25) is 21.8 Å². The Hall–Kier alpha value is -3.36. The van der Waals surface area contributed by atoms with E-state index in [1.807, 2.05) is 75.4 Å². The van der Waals surface area contributed by atoms with Crippen molar-refractivity contribution in [3.05, 3.63) is 101 Å². The largest absolute Gasteiger partial charge is 0.352 e. The van der Waals surface area contributed by atoms with Crippen molar-refractivity contribution in [2.24, 2.45) is 0 Å². The molecule has 0 heterocycles. The number of nitrogens with one attached hydrogen (secondary N) is 1. The van der Waals surface area contributed by atoms with E-state index in [1.54, 1.807) is 24.3 Å². The molecule has 3 aromatic carbocycles. The molecule has 0 aliphatic heterocycles. The zero-order chi connectivity index (χ0) is 28.6. The van der Waals surface area contributed by atoms with Crippen molar-refractivity contribution in [3.63, 3.8) is 0 Å². The Bertz CT molecular complexity index is 1380. The fourth-order valence-electron chi connectivity index (χ4n) is 4.21. The summed E-state index contributed by atoms with van der Waals surface area (Å²) in [6.45, 7) is 5.46. The average molecular weight is 570 g/mol. The molecule has 0 bridgehead atoms. The summed E-state index contributed by atoms with van der Waals surface area (Å²) in [5.41, 5.74) is 2.91. The Balaban J connectivity index is 2.08. The van der Waals surface area contributed by atoms with Gasteiger partial charge in [0.05, 0.1) is 17.0 Å². The quantitative estimate of drug-likeness (QED) is 0.334. The number of hydrogen-bond donors (Lipinski definition) is 1. The van der Waals surface area contributed by atoms with E-state index in [9.17, 15) is 18.0 Å². The van der Waals surface area contributed by atoms with E-state index in [0.29, 0.717) is 0 Å². The molecule has 0 fully saturated rings. The second-order valence-electron chi connectivity index (χ2n) is 9.69.